The average molecular weight is 344 g/mol. The predicted molar refractivity (Wildman–Crippen MR) is 84.7 cm³/mol. The van der Waals surface area contributed by atoms with Crippen molar-refractivity contribution in [1.82, 2.24) is 9.78 Å². The zero-order chi connectivity index (χ0) is 14.7. The largest absolute Gasteiger partial charge is 0.380 e. The van der Waals surface area contributed by atoms with Gasteiger partial charge in [-0.25, -0.2) is 0 Å². The molecule has 1 aliphatic carbocycles. The fourth-order valence-corrected chi connectivity index (χ4v) is 3.92. The Morgan fingerprint density at radius 1 is 1.40 bits per heavy atom. The van der Waals surface area contributed by atoms with Crippen LogP contribution in [0.3, 0.4) is 0 Å². The topological polar surface area (TPSA) is 53.1 Å². The third-order valence-electron chi connectivity index (χ3n) is 4.50. The Bertz CT molecular complexity index is 441. The Kier molecular flexibility index (Phi) is 5.64. The van der Waals surface area contributed by atoms with Gasteiger partial charge in [0.25, 0.3) is 0 Å². The minimum atomic E-state index is 0.0224. The first-order valence-corrected chi connectivity index (χ1v) is 8.30. The smallest absolute Gasteiger partial charge is 0.0754 e. The fourth-order valence-electron chi connectivity index (χ4n) is 3.42. The third kappa shape index (κ3) is 3.43. The molecule has 2 atom stereocenters. The lowest BCUT2D eigenvalue weighted by Crippen LogP contribution is -2.44. The van der Waals surface area contributed by atoms with E-state index in [1.807, 2.05) is 18.7 Å². The first-order chi connectivity index (χ1) is 9.54. The maximum Gasteiger partial charge on any atom is 0.0754 e. The van der Waals surface area contributed by atoms with Crippen molar-refractivity contribution >= 4 is 15.9 Å². The van der Waals surface area contributed by atoms with Gasteiger partial charge in [0.05, 0.1) is 22.0 Å². The lowest BCUT2D eigenvalue weighted by atomic mass is 9.82. The minimum absolute atomic E-state index is 0.0224. The van der Waals surface area contributed by atoms with Crippen LogP contribution in [-0.2, 0) is 18.2 Å². The number of hydrogen-bond acceptors (Lipinski definition) is 3. The highest BCUT2D eigenvalue weighted by Crippen LogP contribution is 2.30. The molecule has 1 heterocycles. The van der Waals surface area contributed by atoms with Crippen LogP contribution in [0.4, 0.5) is 0 Å². The molecule has 2 N–H and O–H groups in total. The van der Waals surface area contributed by atoms with Gasteiger partial charge in [-0.1, -0.05) is 19.3 Å². The van der Waals surface area contributed by atoms with E-state index in [1.165, 1.54) is 32.1 Å². The van der Waals surface area contributed by atoms with E-state index >= 15 is 0 Å². The molecular formula is C15H26BrN3O. The zero-order valence-corrected chi connectivity index (χ0v) is 14.3. The van der Waals surface area contributed by atoms with Crippen molar-refractivity contribution in [2.24, 2.45) is 18.7 Å². The summed E-state index contributed by atoms with van der Waals surface area (Å²) in [6.07, 6.45) is 7.42. The Hall–Kier alpha value is -0.390. The molecule has 2 unspecified atom stereocenters. The third-order valence-corrected chi connectivity index (χ3v) is 5.53. The summed E-state index contributed by atoms with van der Waals surface area (Å²) in [6, 6.07) is 0.0224. The van der Waals surface area contributed by atoms with E-state index in [2.05, 4.69) is 21.0 Å². The van der Waals surface area contributed by atoms with Crippen LogP contribution < -0.4 is 5.73 Å². The van der Waals surface area contributed by atoms with Crippen LogP contribution in [0.2, 0.25) is 0 Å². The van der Waals surface area contributed by atoms with Gasteiger partial charge >= 0.3 is 0 Å². The number of nitrogens with two attached hydrogens (primary N) is 1. The van der Waals surface area contributed by atoms with Crippen LogP contribution in [0.5, 0.6) is 0 Å². The van der Waals surface area contributed by atoms with E-state index in [0.29, 0.717) is 5.92 Å². The number of methoxy groups -OCH3 is 1. The highest BCUT2D eigenvalue weighted by atomic mass is 79.9. The summed E-state index contributed by atoms with van der Waals surface area (Å²) in [4.78, 5) is 0. The molecule has 4 nitrogen and oxygen atoms in total. The molecule has 0 radical (unpaired) electrons. The Morgan fingerprint density at radius 3 is 2.55 bits per heavy atom. The average Bonchev–Trinajstić information content (AvgIpc) is 2.67. The van der Waals surface area contributed by atoms with Crippen molar-refractivity contribution in [1.29, 1.82) is 0 Å². The lowest BCUT2D eigenvalue weighted by molar-refractivity contribution is 0.0175. The van der Waals surface area contributed by atoms with Crippen molar-refractivity contribution in [2.75, 3.05) is 7.11 Å². The zero-order valence-electron chi connectivity index (χ0n) is 12.7. The summed E-state index contributed by atoms with van der Waals surface area (Å²) in [5.41, 5.74) is 8.63. The van der Waals surface area contributed by atoms with E-state index in [-0.39, 0.29) is 12.1 Å². The molecule has 1 saturated carbocycles. The summed E-state index contributed by atoms with van der Waals surface area (Å²) in [5.74, 6) is 0.608. The molecule has 2 rings (SSSR count). The van der Waals surface area contributed by atoms with Gasteiger partial charge < -0.3 is 10.5 Å². The van der Waals surface area contributed by atoms with Gasteiger partial charge in [-0.05, 0) is 41.6 Å². The van der Waals surface area contributed by atoms with Crippen molar-refractivity contribution in [2.45, 2.75) is 57.6 Å². The first kappa shape index (κ1) is 16.0. The predicted octanol–water partition coefficient (Wildman–Crippen LogP) is 2.96. The van der Waals surface area contributed by atoms with E-state index < -0.39 is 0 Å². The second-order valence-corrected chi connectivity index (χ2v) is 6.73. The van der Waals surface area contributed by atoms with Crippen LogP contribution in [0.1, 0.15) is 43.5 Å². The van der Waals surface area contributed by atoms with E-state index in [1.54, 1.807) is 7.11 Å². The summed E-state index contributed by atoms with van der Waals surface area (Å²) in [7, 11) is 3.77. The van der Waals surface area contributed by atoms with E-state index in [9.17, 15) is 0 Å². The lowest BCUT2D eigenvalue weighted by Gasteiger charge is -2.33. The first-order valence-electron chi connectivity index (χ1n) is 7.51. The van der Waals surface area contributed by atoms with Crippen LogP contribution in [-0.4, -0.2) is 29.0 Å². The van der Waals surface area contributed by atoms with Crippen LogP contribution in [0, 0.1) is 12.8 Å². The molecule has 1 aromatic rings. The van der Waals surface area contributed by atoms with E-state index in [0.717, 1.165) is 22.3 Å². The van der Waals surface area contributed by atoms with Gasteiger partial charge in [-0.2, -0.15) is 5.10 Å². The number of nitrogens with zero attached hydrogens (tertiary/aromatic N) is 2. The Labute approximate surface area is 130 Å². The number of aryl methyl sites for hydroxylation is 2. The molecular weight excluding hydrogens is 318 g/mol. The summed E-state index contributed by atoms with van der Waals surface area (Å²) >= 11 is 3.62. The maximum absolute atomic E-state index is 6.45. The maximum atomic E-state index is 6.45. The number of hydrogen-bond donors (Lipinski definition) is 1. The number of halogens is 1. The van der Waals surface area contributed by atoms with Gasteiger partial charge in [0.15, 0.2) is 0 Å². The van der Waals surface area contributed by atoms with Gasteiger partial charge in [-0.15, -0.1) is 0 Å². The van der Waals surface area contributed by atoms with Gasteiger partial charge in [0.2, 0.25) is 0 Å². The second-order valence-electron chi connectivity index (χ2n) is 5.94. The van der Waals surface area contributed by atoms with E-state index in [4.69, 9.17) is 10.5 Å². The number of ether oxygens (including phenoxy) is 1. The van der Waals surface area contributed by atoms with Gasteiger partial charge in [-0.3, -0.25) is 4.68 Å². The molecule has 1 fully saturated rings. The van der Waals surface area contributed by atoms with Crippen LogP contribution in [0.25, 0.3) is 0 Å². The Morgan fingerprint density at radius 2 is 2.05 bits per heavy atom. The van der Waals surface area contributed by atoms with Crippen molar-refractivity contribution in [3.05, 3.63) is 15.9 Å². The molecule has 20 heavy (non-hydrogen) atoms. The highest BCUT2D eigenvalue weighted by Gasteiger charge is 2.29. The SMILES string of the molecule is COC(C(N)Cc1c(Br)c(C)nn1C)C1CCCCC1. The monoisotopic (exact) mass is 343 g/mol. The Balaban J connectivity index is 2.06. The molecule has 114 valence electrons. The van der Waals surface area contributed by atoms with Crippen molar-refractivity contribution in [3.8, 4) is 0 Å². The second kappa shape index (κ2) is 7.05. The molecule has 0 aliphatic heterocycles. The highest BCUT2D eigenvalue weighted by molar-refractivity contribution is 9.10. The summed E-state index contributed by atoms with van der Waals surface area (Å²) < 4.78 is 8.74. The van der Waals surface area contributed by atoms with Crippen molar-refractivity contribution in [3.63, 3.8) is 0 Å². The minimum Gasteiger partial charge on any atom is -0.380 e. The van der Waals surface area contributed by atoms with Crippen LogP contribution in [0.15, 0.2) is 4.47 Å². The van der Waals surface area contributed by atoms with Crippen LogP contribution >= 0.6 is 15.9 Å². The number of rotatable bonds is 5. The number of aromatic nitrogens is 2. The molecule has 1 aromatic heterocycles. The molecule has 0 spiro atoms. The van der Waals surface area contributed by atoms with Gasteiger partial charge in [0.1, 0.15) is 0 Å². The quantitative estimate of drug-likeness (QED) is 0.894. The fraction of sp³-hybridized carbons (Fsp3) is 0.800. The molecule has 1 aliphatic rings. The molecule has 0 amide bonds. The van der Waals surface area contributed by atoms with Gasteiger partial charge in [0, 0.05) is 26.6 Å². The standard InChI is InChI=1S/C15H26BrN3O/c1-10-14(16)13(19(2)18-10)9-12(17)15(20-3)11-7-5-4-6-8-11/h11-12,15H,4-9,17H2,1-3H3. The van der Waals surface area contributed by atoms with Crippen molar-refractivity contribution < 1.29 is 4.74 Å². The summed E-state index contributed by atoms with van der Waals surface area (Å²) in [6.45, 7) is 2.01. The molecule has 5 heteroatoms. The molecule has 0 saturated heterocycles. The normalized spacial score (nSPS) is 20.1. The molecule has 0 bridgehead atoms. The summed E-state index contributed by atoms with van der Waals surface area (Å²) in [5, 5.41) is 4.43. The molecule has 0 aromatic carbocycles.